The average Bonchev–Trinajstić information content (AvgIpc) is 2.87. The molecular formula is C11H18N4O3S. The molecule has 1 N–H and O–H groups in total. The summed E-state index contributed by atoms with van der Waals surface area (Å²) >= 11 is 0. The van der Waals surface area contributed by atoms with Gasteiger partial charge >= 0.3 is 0 Å². The number of nitrogens with zero attached hydrogens (tertiary/aromatic N) is 3. The summed E-state index contributed by atoms with van der Waals surface area (Å²) in [6.45, 7) is 2.56. The highest BCUT2D eigenvalue weighted by atomic mass is 32.2. The predicted molar refractivity (Wildman–Crippen MR) is 68.8 cm³/mol. The maximum absolute atomic E-state index is 12.2. The summed E-state index contributed by atoms with van der Waals surface area (Å²) in [7, 11) is -3.39. The zero-order valence-electron chi connectivity index (χ0n) is 10.7. The fourth-order valence-corrected chi connectivity index (χ4v) is 3.94. The summed E-state index contributed by atoms with van der Waals surface area (Å²) in [5.74, 6) is 0. The molecule has 1 saturated heterocycles. The number of hydrogen-bond donors (Lipinski definition) is 1. The zero-order valence-corrected chi connectivity index (χ0v) is 11.5. The molecule has 2 aliphatic heterocycles. The molecule has 0 bridgehead atoms. The van der Waals surface area contributed by atoms with Crippen LogP contribution in [0.25, 0.3) is 0 Å². The summed E-state index contributed by atoms with van der Waals surface area (Å²) < 4.78 is 35.8. The summed E-state index contributed by atoms with van der Waals surface area (Å²) in [6, 6.07) is 1.90. The molecule has 7 nitrogen and oxygen atoms in total. The predicted octanol–water partition coefficient (Wildman–Crippen LogP) is -0.635. The van der Waals surface area contributed by atoms with Crippen molar-refractivity contribution in [2.24, 2.45) is 0 Å². The Balaban J connectivity index is 1.65. The van der Waals surface area contributed by atoms with E-state index < -0.39 is 10.2 Å². The van der Waals surface area contributed by atoms with Crippen molar-refractivity contribution in [3.8, 4) is 0 Å². The SMILES string of the molecule is O=S(=O)(N[C@H]1CCn2nccc2C1)N1CCOCC1. The van der Waals surface area contributed by atoms with Gasteiger partial charge in [-0.1, -0.05) is 0 Å². The van der Waals surface area contributed by atoms with Crippen LogP contribution in [0.5, 0.6) is 0 Å². The third-order valence-corrected chi connectivity index (χ3v) is 5.25. The van der Waals surface area contributed by atoms with E-state index in [9.17, 15) is 8.42 Å². The second-order valence-electron chi connectivity index (χ2n) is 4.87. The molecule has 3 rings (SSSR count). The summed E-state index contributed by atoms with van der Waals surface area (Å²) in [5.41, 5.74) is 1.08. The number of hydrogen-bond acceptors (Lipinski definition) is 4. The molecule has 1 atom stereocenters. The molecule has 1 fully saturated rings. The first-order valence-corrected chi connectivity index (χ1v) is 7.95. The number of aromatic nitrogens is 2. The van der Waals surface area contributed by atoms with E-state index in [1.54, 1.807) is 6.20 Å². The Morgan fingerprint density at radius 2 is 2.11 bits per heavy atom. The number of aryl methyl sites for hydroxylation is 1. The van der Waals surface area contributed by atoms with E-state index >= 15 is 0 Å². The minimum Gasteiger partial charge on any atom is -0.379 e. The molecule has 1 aromatic rings. The van der Waals surface area contributed by atoms with Crippen molar-refractivity contribution >= 4 is 10.2 Å². The lowest BCUT2D eigenvalue weighted by Crippen LogP contribution is -2.51. The fraction of sp³-hybridized carbons (Fsp3) is 0.727. The van der Waals surface area contributed by atoms with E-state index in [1.165, 1.54) is 4.31 Å². The first-order chi connectivity index (χ1) is 9.15. The topological polar surface area (TPSA) is 76.5 Å². The number of nitrogens with one attached hydrogen (secondary N) is 1. The molecule has 106 valence electrons. The normalized spacial score (nSPS) is 25.2. The molecule has 2 aliphatic rings. The highest BCUT2D eigenvalue weighted by Crippen LogP contribution is 2.15. The molecule has 1 aromatic heterocycles. The lowest BCUT2D eigenvalue weighted by atomic mass is 10.1. The van der Waals surface area contributed by atoms with Crippen molar-refractivity contribution in [2.75, 3.05) is 26.3 Å². The van der Waals surface area contributed by atoms with Crippen LogP contribution >= 0.6 is 0 Å². The van der Waals surface area contributed by atoms with Gasteiger partial charge in [0, 0.05) is 44.0 Å². The number of fused-ring (bicyclic) bond motifs is 1. The highest BCUT2D eigenvalue weighted by Gasteiger charge is 2.29. The maximum Gasteiger partial charge on any atom is 0.279 e. The van der Waals surface area contributed by atoms with Crippen LogP contribution in [0.3, 0.4) is 0 Å². The van der Waals surface area contributed by atoms with E-state index in [-0.39, 0.29) is 6.04 Å². The summed E-state index contributed by atoms with van der Waals surface area (Å²) in [6.07, 6.45) is 3.23. The Morgan fingerprint density at radius 1 is 1.32 bits per heavy atom. The third kappa shape index (κ3) is 2.81. The van der Waals surface area contributed by atoms with Crippen LogP contribution in [0.1, 0.15) is 12.1 Å². The van der Waals surface area contributed by atoms with Gasteiger partial charge in [-0.05, 0) is 12.5 Å². The average molecular weight is 286 g/mol. The first-order valence-electron chi connectivity index (χ1n) is 6.51. The van der Waals surface area contributed by atoms with E-state index in [0.717, 1.165) is 18.7 Å². The van der Waals surface area contributed by atoms with Crippen LogP contribution in [-0.4, -0.2) is 54.8 Å². The molecule has 19 heavy (non-hydrogen) atoms. The van der Waals surface area contributed by atoms with Crippen molar-refractivity contribution in [1.29, 1.82) is 0 Å². The highest BCUT2D eigenvalue weighted by molar-refractivity contribution is 7.87. The zero-order chi connectivity index (χ0) is 13.3. The van der Waals surface area contributed by atoms with Gasteiger partial charge in [0.15, 0.2) is 0 Å². The molecular weight excluding hydrogens is 268 g/mol. The van der Waals surface area contributed by atoms with Gasteiger partial charge < -0.3 is 4.74 Å². The molecule has 8 heteroatoms. The van der Waals surface area contributed by atoms with Crippen molar-refractivity contribution in [3.05, 3.63) is 18.0 Å². The minimum atomic E-state index is -3.39. The van der Waals surface area contributed by atoms with Crippen LogP contribution in [0.15, 0.2) is 12.3 Å². The molecule has 3 heterocycles. The Hall–Kier alpha value is -0.960. The summed E-state index contributed by atoms with van der Waals surface area (Å²) in [4.78, 5) is 0. The Bertz CT molecular complexity index is 536. The van der Waals surface area contributed by atoms with Gasteiger partial charge in [-0.3, -0.25) is 4.68 Å². The van der Waals surface area contributed by atoms with Crippen molar-refractivity contribution in [2.45, 2.75) is 25.4 Å². The standard InChI is InChI=1S/C11H18N4O3S/c16-19(17,14-5-7-18-8-6-14)13-10-2-4-15-11(9-10)1-3-12-15/h1,3,10,13H,2,4-9H2/t10-/m0/s1. The molecule has 0 saturated carbocycles. The Kier molecular flexibility index (Phi) is 3.57. The minimum absolute atomic E-state index is 0.0444. The molecule has 0 amide bonds. The number of rotatable bonds is 3. The largest absolute Gasteiger partial charge is 0.379 e. The Labute approximate surface area is 112 Å². The number of morpholine rings is 1. The lowest BCUT2D eigenvalue weighted by Gasteiger charge is -2.30. The van der Waals surface area contributed by atoms with Crippen LogP contribution in [0.4, 0.5) is 0 Å². The summed E-state index contributed by atoms with van der Waals surface area (Å²) in [5, 5.41) is 4.19. The third-order valence-electron chi connectivity index (χ3n) is 3.57. The second kappa shape index (κ2) is 5.20. The quantitative estimate of drug-likeness (QED) is 0.802. The van der Waals surface area contributed by atoms with E-state index in [1.807, 2.05) is 10.7 Å². The van der Waals surface area contributed by atoms with Crippen LogP contribution in [-0.2, 0) is 27.9 Å². The molecule has 0 spiro atoms. The smallest absolute Gasteiger partial charge is 0.279 e. The first kappa shape index (κ1) is 13.0. The molecule has 0 radical (unpaired) electrons. The van der Waals surface area contributed by atoms with Gasteiger partial charge in [0.1, 0.15) is 0 Å². The molecule has 0 unspecified atom stereocenters. The van der Waals surface area contributed by atoms with Crippen LogP contribution in [0, 0.1) is 0 Å². The molecule has 0 aliphatic carbocycles. The van der Waals surface area contributed by atoms with Gasteiger partial charge in [-0.15, -0.1) is 0 Å². The van der Waals surface area contributed by atoms with Crippen molar-refractivity contribution in [3.63, 3.8) is 0 Å². The van der Waals surface area contributed by atoms with Crippen molar-refractivity contribution in [1.82, 2.24) is 18.8 Å². The van der Waals surface area contributed by atoms with Gasteiger partial charge in [-0.25, -0.2) is 0 Å². The molecule has 0 aromatic carbocycles. The van der Waals surface area contributed by atoms with Crippen molar-refractivity contribution < 1.29 is 13.2 Å². The van der Waals surface area contributed by atoms with Gasteiger partial charge in [-0.2, -0.15) is 22.5 Å². The van der Waals surface area contributed by atoms with E-state index in [4.69, 9.17) is 4.74 Å². The number of ether oxygens (including phenoxy) is 1. The van der Waals surface area contributed by atoms with Gasteiger partial charge in [0.25, 0.3) is 10.2 Å². The Morgan fingerprint density at radius 3 is 2.89 bits per heavy atom. The van der Waals surface area contributed by atoms with E-state index in [2.05, 4.69) is 9.82 Å². The maximum atomic E-state index is 12.2. The van der Waals surface area contributed by atoms with E-state index in [0.29, 0.717) is 32.7 Å². The monoisotopic (exact) mass is 286 g/mol. The van der Waals surface area contributed by atoms with Gasteiger partial charge in [0.05, 0.1) is 13.2 Å². The lowest BCUT2D eigenvalue weighted by molar-refractivity contribution is 0.0722. The fourth-order valence-electron chi connectivity index (χ4n) is 2.54. The van der Waals surface area contributed by atoms with Gasteiger partial charge in [0.2, 0.25) is 0 Å². The second-order valence-corrected chi connectivity index (χ2v) is 6.57. The van der Waals surface area contributed by atoms with Crippen LogP contribution in [0.2, 0.25) is 0 Å². The van der Waals surface area contributed by atoms with Crippen LogP contribution < -0.4 is 4.72 Å².